The number of pyridine rings is 1. The smallest absolute Gasteiger partial charge is 0.311 e. The van der Waals surface area contributed by atoms with E-state index in [2.05, 4.69) is 35.6 Å². The number of nitro groups is 1. The van der Waals surface area contributed by atoms with Gasteiger partial charge >= 0.3 is 5.69 Å². The van der Waals surface area contributed by atoms with Crippen LogP contribution in [0.4, 0.5) is 27.7 Å². The Balaban J connectivity index is 1.51. The quantitative estimate of drug-likeness (QED) is 0.164. The van der Waals surface area contributed by atoms with Crippen LogP contribution in [0.1, 0.15) is 5.69 Å². The summed E-state index contributed by atoms with van der Waals surface area (Å²) >= 11 is 6.30. The molecule has 0 bridgehead atoms. The Morgan fingerprint density at radius 2 is 1.94 bits per heavy atom. The normalized spacial score (nSPS) is 10.8. The zero-order chi connectivity index (χ0) is 24.2. The topological polar surface area (TPSA) is 161 Å². The summed E-state index contributed by atoms with van der Waals surface area (Å²) < 4.78 is 13.6. The van der Waals surface area contributed by atoms with Gasteiger partial charge in [-0.1, -0.05) is 11.6 Å². The molecule has 0 amide bonds. The van der Waals surface area contributed by atoms with E-state index in [-0.39, 0.29) is 16.5 Å². The van der Waals surface area contributed by atoms with Gasteiger partial charge in [-0.25, -0.2) is 24.3 Å². The lowest BCUT2D eigenvalue weighted by atomic mass is 10.1. The number of nitrogens with one attached hydrogen (secondary N) is 3. The van der Waals surface area contributed by atoms with E-state index >= 15 is 0 Å². The number of aromatic nitrogens is 5. The van der Waals surface area contributed by atoms with Crippen molar-refractivity contribution in [3.63, 3.8) is 0 Å². The molecule has 0 unspecified atom stereocenters. The second kappa shape index (κ2) is 9.67. The summed E-state index contributed by atoms with van der Waals surface area (Å²) in [5.74, 6) is 0.649. The number of aryl methyl sites for hydroxylation is 1. The van der Waals surface area contributed by atoms with Crippen molar-refractivity contribution in [2.75, 3.05) is 29.5 Å². The SMILES string of the molecule is Cc1c[nH]c(-c2cnc(NCCNc3ccc([N+](=O)[O-])c(N)n3)nc2-c2ccc(F)cc2Cl)n1. The van der Waals surface area contributed by atoms with Gasteiger partial charge in [0.1, 0.15) is 17.5 Å². The minimum atomic E-state index is -0.594. The molecule has 0 spiro atoms. The average Bonchev–Trinajstić information content (AvgIpc) is 3.22. The van der Waals surface area contributed by atoms with Crippen LogP contribution in [0.25, 0.3) is 22.6 Å². The van der Waals surface area contributed by atoms with E-state index < -0.39 is 10.7 Å². The molecule has 34 heavy (non-hydrogen) atoms. The first-order valence-electron chi connectivity index (χ1n) is 10.1. The number of rotatable bonds is 8. The Hall–Kier alpha value is -4.32. The summed E-state index contributed by atoms with van der Waals surface area (Å²) in [5.41, 5.74) is 7.76. The molecule has 0 aliphatic carbocycles. The van der Waals surface area contributed by atoms with Crippen LogP contribution in [0.5, 0.6) is 0 Å². The van der Waals surface area contributed by atoms with Gasteiger partial charge in [0.2, 0.25) is 11.8 Å². The zero-order valence-corrected chi connectivity index (χ0v) is 18.6. The van der Waals surface area contributed by atoms with Crippen LogP contribution in [0.15, 0.2) is 42.7 Å². The maximum atomic E-state index is 13.6. The van der Waals surface area contributed by atoms with E-state index in [0.717, 1.165) is 5.69 Å². The Bertz CT molecular complexity index is 1360. The first-order chi connectivity index (χ1) is 16.3. The van der Waals surface area contributed by atoms with E-state index in [1.165, 1.54) is 24.3 Å². The van der Waals surface area contributed by atoms with Gasteiger partial charge in [0.05, 0.1) is 26.9 Å². The van der Waals surface area contributed by atoms with E-state index in [4.69, 9.17) is 17.3 Å². The van der Waals surface area contributed by atoms with Crippen molar-refractivity contribution in [1.29, 1.82) is 0 Å². The number of anilines is 3. The van der Waals surface area contributed by atoms with Gasteiger partial charge < -0.3 is 21.4 Å². The van der Waals surface area contributed by atoms with Crippen LogP contribution < -0.4 is 16.4 Å². The maximum absolute atomic E-state index is 13.6. The van der Waals surface area contributed by atoms with Crippen LogP contribution in [0, 0.1) is 22.9 Å². The Labute approximate surface area is 197 Å². The third-order valence-corrected chi connectivity index (χ3v) is 5.06. The fraction of sp³-hybridized carbons (Fsp3) is 0.143. The molecule has 11 nitrogen and oxygen atoms in total. The standard InChI is InChI=1S/C21H19ClFN9O2/c1-11-9-27-20(29-11)14-10-28-21(31-18(14)13-3-2-12(23)8-15(13)22)26-7-6-25-17-5-4-16(32(33)34)19(24)30-17/h2-5,8-10H,6-7H2,1H3,(H,27,29)(H3,24,25,30)(H,26,28,31). The van der Waals surface area contributed by atoms with Gasteiger partial charge in [-0.15, -0.1) is 0 Å². The zero-order valence-electron chi connectivity index (χ0n) is 17.8. The van der Waals surface area contributed by atoms with Gasteiger partial charge in [0, 0.05) is 37.1 Å². The Kier molecular flexibility index (Phi) is 6.50. The predicted molar refractivity (Wildman–Crippen MR) is 127 cm³/mol. The van der Waals surface area contributed by atoms with Crippen molar-refractivity contribution in [2.24, 2.45) is 0 Å². The van der Waals surface area contributed by atoms with E-state index in [1.807, 2.05) is 6.92 Å². The van der Waals surface area contributed by atoms with E-state index in [0.29, 0.717) is 47.5 Å². The summed E-state index contributed by atoms with van der Waals surface area (Å²) in [4.78, 5) is 30.7. The van der Waals surface area contributed by atoms with Gasteiger partial charge in [-0.3, -0.25) is 10.1 Å². The molecule has 13 heteroatoms. The van der Waals surface area contributed by atoms with Crippen LogP contribution in [0.3, 0.4) is 0 Å². The first kappa shape index (κ1) is 22.9. The van der Waals surface area contributed by atoms with Crippen molar-refractivity contribution in [1.82, 2.24) is 24.9 Å². The summed E-state index contributed by atoms with van der Waals surface area (Å²) in [6, 6.07) is 6.83. The Morgan fingerprint density at radius 3 is 2.62 bits per heavy atom. The molecule has 0 fully saturated rings. The minimum Gasteiger partial charge on any atom is -0.378 e. The number of halogens is 2. The monoisotopic (exact) mass is 483 g/mol. The number of H-pyrrole nitrogens is 1. The van der Waals surface area contributed by atoms with Crippen molar-refractivity contribution >= 4 is 34.9 Å². The van der Waals surface area contributed by atoms with Crippen molar-refractivity contribution in [2.45, 2.75) is 6.92 Å². The second-order valence-electron chi connectivity index (χ2n) is 7.18. The molecule has 0 aliphatic heterocycles. The van der Waals surface area contributed by atoms with Crippen LogP contribution in [-0.2, 0) is 0 Å². The number of nitrogens with zero attached hydrogens (tertiary/aromatic N) is 5. The average molecular weight is 484 g/mol. The van der Waals surface area contributed by atoms with Crippen molar-refractivity contribution in [3.8, 4) is 22.6 Å². The number of imidazole rings is 1. The molecule has 4 rings (SSSR count). The lowest BCUT2D eigenvalue weighted by molar-refractivity contribution is -0.384. The largest absolute Gasteiger partial charge is 0.378 e. The lowest BCUT2D eigenvalue weighted by Gasteiger charge is -2.12. The fourth-order valence-corrected chi connectivity index (χ4v) is 3.42. The second-order valence-corrected chi connectivity index (χ2v) is 7.59. The van der Waals surface area contributed by atoms with Gasteiger partial charge in [-0.05, 0) is 31.2 Å². The molecule has 0 saturated carbocycles. The third-order valence-electron chi connectivity index (χ3n) is 4.75. The van der Waals surface area contributed by atoms with Gasteiger partial charge in [0.15, 0.2) is 0 Å². The highest BCUT2D eigenvalue weighted by Crippen LogP contribution is 2.34. The number of nitrogen functional groups attached to an aromatic ring is 1. The first-order valence-corrected chi connectivity index (χ1v) is 10.4. The molecule has 0 atom stereocenters. The molecule has 0 saturated heterocycles. The number of aromatic amines is 1. The Morgan fingerprint density at radius 1 is 1.15 bits per heavy atom. The van der Waals surface area contributed by atoms with Gasteiger partial charge in [-0.2, -0.15) is 0 Å². The lowest BCUT2D eigenvalue weighted by Crippen LogP contribution is -2.16. The highest BCUT2D eigenvalue weighted by Gasteiger charge is 2.17. The highest BCUT2D eigenvalue weighted by atomic mass is 35.5. The van der Waals surface area contributed by atoms with Crippen LogP contribution in [-0.4, -0.2) is 42.9 Å². The molecule has 5 N–H and O–H groups in total. The summed E-state index contributed by atoms with van der Waals surface area (Å²) in [6.07, 6.45) is 3.36. The summed E-state index contributed by atoms with van der Waals surface area (Å²) in [7, 11) is 0. The van der Waals surface area contributed by atoms with Crippen LogP contribution >= 0.6 is 11.6 Å². The summed E-state index contributed by atoms with van der Waals surface area (Å²) in [6.45, 7) is 2.65. The fourth-order valence-electron chi connectivity index (χ4n) is 3.16. The number of benzene rings is 1. The maximum Gasteiger partial charge on any atom is 0.311 e. The molecule has 4 aromatic rings. The van der Waals surface area contributed by atoms with Crippen molar-refractivity contribution in [3.05, 3.63) is 69.4 Å². The van der Waals surface area contributed by atoms with E-state index in [1.54, 1.807) is 18.5 Å². The minimum absolute atomic E-state index is 0.170. The molecular weight excluding hydrogens is 465 g/mol. The number of nitrogens with two attached hydrogens (primary N) is 1. The molecular formula is C21H19ClFN9O2. The third kappa shape index (κ3) is 5.02. The van der Waals surface area contributed by atoms with Crippen LogP contribution in [0.2, 0.25) is 5.02 Å². The molecule has 0 radical (unpaired) electrons. The number of hydrogen-bond acceptors (Lipinski definition) is 9. The highest BCUT2D eigenvalue weighted by molar-refractivity contribution is 6.33. The van der Waals surface area contributed by atoms with Crippen molar-refractivity contribution < 1.29 is 9.31 Å². The predicted octanol–water partition coefficient (Wildman–Crippen LogP) is 4.04. The molecule has 1 aromatic carbocycles. The number of hydrogen-bond donors (Lipinski definition) is 4. The molecule has 3 heterocycles. The molecule has 0 aliphatic rings. The van der Waals surface area contributed by atoms with Gasteiger partial charge in [0.25, 0.3) is 0 Å². The molecule has 174 valence electrons. The molecule has 3 aromatic heterocycles. The summed E-state index contributed by atoms with van der Waals surface area (Å²) in [5, 5.41) is 17.1. The van der Waals surface area contributed by atoms with E-state index in [9.17, 15) is 14.5 Å².